The van der Waals surface area contributed by atoms with Crippen LogP contribution in [0.25, 0.3) is 0 Å². The molecule has 0 heterocycles. The lowest BCUT2D eigenvalue weighted by molar-refractivity contribution is 0.520. The summed E-state index contributed by atoms with van der Waals surface area (Å²) in [4.78, 5) is 1.88. The number of rotatable bonds is 3. The van der Waals surface area contributed by atoms with Crippen LogP contribution >= 0.6 is 49.7 Å². The molecule has 1 aromatic rings. The molecule has 1 aromatic carbocycles. The van der Waals surface area contributed by atoms with E-state index in [1.54, 1.807) is 0 Å². The molecule has 0 saturated heterocycles. The Bertz CT molecular complexity index is 406. The smallest absolute Gasteiger partial charge is 0.135 e. The average molecular weight is 288 g/mol. The van der Waals surface area contributed by atoms with Crippen LogP contribution in [0.5, 0.6) is 0 Å². The molecular formula is C10H12N2S4. The van der Waals surface area contributed by atoms with Gasteiger partial charge < -0.3 is 10.2 Å². The van der Waals surface area contributed by atoms with Crippen LogP contribution < -0.4 is 5.32 Å². The van der Waals surface area contributed by atoms with E-state index < -0.39 is 0 Å². The fourth-order valence-electron chi connectivity index (χ4n) is 1.22. The van der Waals surface area contributed by atoms with Crippen molar-refractivity contribution >= 4 is 64.0 Å². The van der Waals surface area contributed by atoms with Gasteiger partial charge in [0.05, 0.1) is 0 Å². The lowest BCUT2D eigenvalue weighted by Crippen LogP contribution is -2.21. The van der Waals surface area contributed by atoms with Gasteiger partial charge in [0, 0.05) is 19.3 Å². The lowest BCUT2D eigenvalue weighted by Gasteiger charge is -2.19. The molecule has 1 N–H and O–H groups in total. The Kier molecular flexibility index (Phi) is 5.54. The molecule has 86 valence electrons. The fraction of sp³-hybridized carbons (Fsp3) is 0.200. The van der Waals surface area contributed by atoms with Gasteiger partial charge in [0.15, 0.2) is 0 Å². The molecule has 0 unspecified atom stereocenters. The van der Waals surface area contributed by atoms with Gasteiger partial charge in [-0.05, 0) is 11.6 Å². The Morgan fingerprint density at radius 1 is 1.31 bits per heavy atom. The minimum atomic E-state index is 0.448. The summed E-state index contributed by atoms with van der Waals surface area (Å²) < 4.78 is 1.01. The van der Waals surface area contributed by atoms with Crippen LogP contribution in [-0.4, -0.2) is 20.6 Å². The zero-order valence-corrected chi connectivity index (χ0v) is 12.1. The number of para-hydroxylation sites is 1. The second-order valence-corrected chi connectivity index (χ2v) is 5.50. The SMILES string of the molecule is CN(Cc1ccccc1NC(=S)S)C(=S)S. The molecule has 0 fully saturated rings. The van der Waals surface area contributed by atoms with Crippen molar-refractivity contribution in [2.45, 2.75) is 6.54 Å². The molecule has 0 atom stereocenters. The first kappa shape index (κ1) is 13.8. The number of nitrogens with one attached hydrogen (secondary N) is 1. The van der Waals surface area contributed by atoms with Crippen LogP contribution in [0.2, 0.25) is 0 Å². The maximum Gasteiger partial charge on any atom is 0.135 e. The number of thiocarbonyl (C=S) groups is 2. The number of nitrogens with zero attached hydrogens (tertiary/aromatic N) is 1. The van der Waals surface area contributed by atoms with Crippen molar-refractivity contribution in [3.05, 3.63) is 29.8 Å². The molecule has 0 radical (unpaired) electrons. The van der Waals surface area contributed by atoms with Crippen molar-refractivity contribution in [3.63, 3.8) is 0 Å². The van der Waals surface area contributed by atoms with E-state index in [2.05, 4.69) is 30.6 Å². The van der Waals surface area contributed by atoms with E-state index in [1.807, 2.05) is 36.2 Å². The number of hydrogen-bond acceptors (Lipinski definition) is 2. The molecular weight excluding hydrogens is 276 g/mol. The Morgan fingerprint density at radius 3 is 2.50 bits per heavy atom. The van der Waals surface area contributed by atoms with E-state index in [9.17, 15) is 0 Å². The molecule has 0 aliphatic carbocycles. The highest BCUT2D eigenvalue weighted by atomic mass is 32.1. The monoisotopic (exact) mass is 288 g/mol. The van der Waals surface area contributed by atoms with Gasteiger partial charge >= 0.3 is 0 Å². The molecule has 0 aliphatic rings. The number of benzene rings is 1. The van der Waals surface area contributed by atoms with Crippen molar-refractivity contribution in [1.29, 1.82) is 0 Å². The number of thiol groups is 2. The lowest BCUT2D eigenvalue weighted by atomic mass is 10.1. The third-order valence-corrected chi connectivity index (χ3v) is 2.86. The van der Waals surface area contributed by atoms with Crippen LogP contribution in [0.4, 0.5) is 5.69 Å². The minimum Gasteiger partial charge on any atom is -0.356 e. The maximum absolute atomic E-state index is 4.98. The van der Waals surface area contributed by atoms with Gasteiger partial charge in [0.25, 0.3) is 0 Å². The molecule has 2 nitrogen and oxygen atoms in total. The maximum atomic E-state index is 4.98. The standard InChI is InChI=1S/C10H12N2S4/c1-12(10(15)16)6-7-4-2-3-5-8(7)11-9(13)14/h2-5H,6H2,1H3,(H,15,16)(H2,11,13,14). The van der Waals surface area contributed by atoms with Crippen LogP contribution in [0.3, 0.4) is 0 Å². The van der Waals surface area contributed by atoms with E-state index in [0.29, 0.717) is 15.2 Å². The van der Waals surface area contributed by atoms with Gasteiger partial charge in [-0.2, -0.15) is 0 Å². The molecule has 0 saturated carbocycles. The Hall–Kier alpha value is -0.300. The summed E-state index contributed by atoms with van der Waals surface area (Å²) in [5.74, 6) is 0. The zero-order valence-electron chi connectivity index (χ0n) is 8.67. The van der Waals surface area contributed by atoms with Crippen LogP contribution in [-0.2, 0) is 6.54 Å². The fourth-order valence-corrected chi connectivity index (χ4v) is 1.58. The van der Waals surface area contributed by atoms with Gasteiger partial charge in [-0.1, -0.05) is 42.6 Å². The van der Waals surface area contributed by atoms with Crippen molar-refractivity contribution < 1.29 is 0 Å². The highest BCUT2D eigenvalue weighted by molar-refractivity contribution is 8.11. The minimum absolute atomic E-state index is 0.448. The molecule has 0 spiro atoms. The van der Waals surface area contributed by atoms with Crippen molar-refractivity contribution in [2.75, 3.05) is 12.4 Å². The molecule has 16 heavy (non-hydrogen) atoms. The average Bonchev–Trinajstić information content (AvgIpc) is 2.20. The number of hydrogen-bond donors (Lipinski definition) is 3. The molecule has 0 aromatic heterocycles. The van der Waals surface area contributed by atoms with Crippen molar-refractivity contribution in [2.24, 2.45) is 0 Å². The quantitative estimate of drug-likeness (QED) is 0.585. The van der Waals surface area contributed by atoms with Crippen LogP contribution in [0.15, 0.2) is 24.3 Å². The normalized spacial score (nSPS) is 9.69. The van der Waals surface area contributed by atoms with Gasteiger partial charge in [-0.15, -0.1) is 25.3 Å². The molecule has 1 rings (SSSR count). The second-order valence-electron chi connectivity index (χ2n) is 3.23. The van der Waals surface area contributed by atoms with Gasteiger partial charge in [-0.25, -0.2) is 0 Å². The third kappa shape index (κ3) is 4.29. The van der Waals surface area contributed by atoms with E-state index in [-0.39, 0.29) is 0 Å². The highest BCUT2D eigenvalue weighted by Gasteiger charge is 2.06. The van der Waals surface area contributed by atoms with Gasteiger partial charge in [0.1, 0.15) is 8.64 Å². The van der Waals surface area contributed by atoms with Gasteiger partial charge in [0.2, 0.25) is 0 Å². The second kappa shape index (κ2) is 6.44. The summed E-state index contributed by atoms with van der Waals surface area (Å²) >= 11 is 18.1. The Balaban J connectivity index is 2.86. The first-order valence-electron chi connectivity index (χ1n) is 4.52. The van der Waals surface area contributed by atoms with Crippen molar-refractivity contribution in [3.8, 4) is 0 Å². The van der Waals surface area contributed by atoms with E-state index in [0.717, 1.165) is 11.3 Å². The molecule has 0 aliphatic heterocycles. The van der Waals surface area contributed by atoms with Gasteiger partial charge in [-0.3, -0.25) is 0 Å². The Labute approximate surface area is 117 Å². The summed E-state index contributed by atoms with van der Waals surface area (Å²) in [5, 5.41) is 3.02. The molecule has 0 amide bonds. The van der Waals surface area contributed by atoms with Crippen LogP contribution in [0.1, 0.15) is 5.56 Å². The van der Waals surface area contributed by atoms with Crippen molar-refractivity contribution in [1.82, 2.24) is 4.90 Å². The summed E-state index contributed by atoms with van der Waals surface area (Å²) in [6.07, 6.45) is 0. The highest BCUT2D eigenvalue weighted by Crippen LogP contribution is 2.17. The largest absolute Gasteiger partial charge is 0.356 e. The summed E-state index contributed by atoms with van der Waals surface area (Å²) in [6, 6.07) is 7.87. The predicted molar refractivity (Wildman–Crippen MR) is 84.7 cm³/mol. The topological polar surface area (TPSA) is 15.3 Å². The Morgan fingerprint density at radius 2 is 1.94 bits per heavy atom. The summed E-state index contributed by atoms with van der Waals surface area (Å²) in [6.45, 7) is 0.682. The third-order valence-electron chi connectivity index (χ3n) is 1.99. The number of anilines is 1. The first-order valence-corrected chi connectivity index (χ1v) is 6.23. The summed E-state index contributed by atoms with van der Waals surface area (Å²) in [5.41, 5.74) is 2.04. The van der Waals surface area contributed by atoms with Crippen LogP contribution in [0, 0.1) is 0 Å². The molecule has 6 heteroatoms. The van der Waals surface area contributed by atoms with E-state index in [4.69, 9.17) is 24.4 Å². The predicted octanol–water partition coefficient (Wildman–Crippen LogP) is 2.96. The van der Waals surface area contributed by atoms with E-state index >= 15 is 0 Å². The van der Waals surface area contributed by atoms with E-state index in [1.165, 1.54) is 0 Å². The first-order chi connectivity index (χ1) is 7.50. The molecule has 0 bridgehead atoms. The summed E-state index contributed by atoms with van der Waals surface area (Å²) in [7, 11) is 1.89. The zero-order chi connectivity index (χ0) is 12.1.